The topological polar surface area (TPSA) is 77.3 Å². The number of hydrogen-bond acceptors (Lipinski definition) is 4. The first kappa shape index (κ1) is 15.0. The molecule has 0 unspecified atom stereocenters. The van der Waals surface area contributed by atoms with Crippen molar-refractivity contribution < 1.29 is 13.3 Å². The fourth-order valence-electron chi connectivity index (χ4n) is 1.62. The van der Waals surface area contributed by atoms with Crippen LogP contribution in [0.5, 0.6) is 0 Å². The van der Waals surface area contributed by atoms with Gasteiger partial charge in [0.25, 0.3) is 5.69 Å². The van der Waals surface area contributed by atoms with Gasteiger partial charge in [0.1, 0.15) is 0 Å². The Balaban J connectivity index is 2.72. The van der Waals surface area contributed by atoms with Crippen LogP contribution in [-0.2, 0) is 9.84 Å². The molecule has 0 heterocycles. The molecule has 0 saturated heterocycles. The van der Waals surface area contributed by atoms with Crippen molar-refractivity contribution in [2.24, 2.45) is 0 Å². The average Bonchev–Trinajstić information content (AvgIpc) is 2.38. The first-order valence-corrected chi connectivity index (χ1v) is 7.92. The van der Waals surface area contributed by atoms with Crippen molar-refractivity contribution in [2.45, 2.75) is 9.79 Å². The molecule has 8 heteroatoms. The van der Waals surface area contributed by atoms with Crippen LogP contribution in [0.15, 0.2) is 56.7 Å². The van der Waals surface area contributed by atoms with Gasteiger partial charge >= 0.3 is 0 Å². The van der Waals surface area contributed by atoms with Crippen molar-refractivity contribution in [3.05, 3.63) is 62.1 Å². The Kier molecular flexibility index (Phi) is 4.12. The number of halogens is 2. The van der Waals surface area contributed by atoms with E-state index >= 15 is 0 Å². The first-order valence-electron chi connectivity index (χ1n) is 5.27. The Morgan fingerprint density at radius 3 is 2.45 bits per heavy atom. The minimum Gasteiger partial charge on any atom is -0.258 e. The molecule has 0 fully saturated rings. The van der Waals surface area contributed by atoms with E-state index in [0.717, 1.165) is 6.07 Å². The Hall–Kier alpha value is -1.44. The van der Waals surface area contributed by atoms with Crippen molar-refractivity contribution in [3.8, 4) is 0 Å². The zero-order valence-corrected chi connectivity index (χ0v) is 12.9. The summed E-state index contributed by atoms with van der Waals surface area (Å²) in [4.78, 5) is 9.78. The third-order valence-corrected chi connectivity index (χ3v) is 5.02. The van der Waals surface area contributed by atoms with E-state index in [2.05, 4.69) is 15.9 Å². The number of nitro groups is 1. The fourth-order valence-corrected chi connectivity index (χ4v) is 3.88. The monoisotopic (exact) mass is 375 g/mol. The van der Waals surface area contributed by atoms with Crippen LogP contribution in [0.3, 0.4) is 0 Å². The molecule has 20 heavy (non-hydrogen) atoms. The summed E-state index contributed by atoms with van der Waals surface area (Å²) in [5, 5.41) is 11.2. The lowest BCUT2D eigenvalue weighted by molar-refractivity contribution is -0.387. The summed E-state index contributed by atoms with van der Waals surface area (Å²) < 4.78 is 25.4. The maximum absolute atomic E-state index is 12.5. The van der Waals surface area contributed by atoms with Gasteiger partial charge in [0.05, 0.1) is 9.82 Å². The van der Waals surface area contributed by atoms with Gasteiger partial charge in [0.15, 0.2) is 4.90 Å². The summed E-state index contributed by atoms with van der Waals surface area (Å²) in [5.41, 5.74) is -0.479. The molecule has 104 valence electrons. The molecule has 0 N–H and O–H groups in total. The van der Waals surface area contributed by atoms with E-state index in [-0.39, 0.29) is 14.8 Å². The fraction of sp³-hybridized carbons (Fsp3) is 0. The minimum atomic E-state index is -4.02. The van der Waals surface area contributed by atoms with Gasteiger partial charge in [-0.2, -0.15) is 0 Å². The third-order valence-electron chi connectivity index (χ3n) is 2.51. The van der Waals surface area contributed by atoms with Crippen LogP contribution in [-0.4, -0.2) is 13.3 Å². The molecule has 0 aliphatic heterocycles. The van der Waals surface area contributed by atoms with E-state index in [1.807, 2.05) is 0 Å². The Morgan fingerprint density at radius 1 is 1.15 bits per heavy atom. The molecule has 5 nitrogen and oxygen atoms in total. The van der Waals surface area contributed by atoms with Gasteiger partial charge in [-0.25, -0.2) is 8.42 Å². The summed E-state index contributed by atoms with van der Waals surface area (Å²) >= 11 is 8.88. The van der Waals surface area contributed by atoms with Gasteiger partial charge in [-0.1, -0.05) is 33.6 Å². The zero-order valence-electron chi connectivity index (χ0n) is 9.79. The number of benzene rings is 2. The maximum Gasteiger partial charge on any atom is 0.288 e. The summed E-state index contributed by atoms with van der Waals surface area (Å²) in [5.74, 6) is 0. The lowest BCUT2D eigenvalue weighted by Crippen LogP contribution is -2.05. The SMILES string of the molecule is O=[N+]([O-])c1ccc(Br)cc1S(=O)(=O)c1cccc(Cl)c1. The van der Waals surface area contributed by atoms with Crippen LogP contribution in [0.1, 0.15) is 0 Å². The second-order valence-electron chi connectivity index (χ2n) is 3.83. The number of hydrogen-bond donors (Lipinski definition) is 0. The van der Waals surface area contributed by atoms with Crippen molar-refractivity contribution in [1.82, 2.24) is 0 Å². The van der Waals surface area contributed by atoms with Crippen molar-refractivity contribution in [3.63, 3.8) is 0 Å². The first-order chi connectivity index (χ1) is 9.32. The van der Waals surface area contributed by atoms with Crippen LogP contribution in [0, 0.1) is 10.1 Å². The highest BCUT2D eigenvalue weighted by Gasteiger charge is 2.27. The summed E-state index contributed by atoms with van der Waals surface area (Å²) in [7, 11) is -4.02. The highest BCUT2D eigenvalue weighted by molar-refractivity contribution is 9.10. The third kappa shape index (κ3) is 2.84. The molecule has 0 radical (unpaired) electrons. The van der Waals surface area contributed by atoms with Crippen molar-refractivity contribution >= 4 is 43.1 Å². The molecule has 0 aromatic heterocycles. The molecular weight excluding hydrogens is 370 g/mol. The number of nitrogens with zero attached hydrogens (tertiary/aromatic N) is 1. The predicted octanol–water partition coefficient (Wildman–Crippen LogP) is 3.84. The minimum absolute atomic E-state index is 0.0915. The highest BCUT2D eigenvalue weighted by Crippen LogP contribution is 2.32. The van der Waals surface area contributed by atoms with E-state index < -0.39 is 20.4 Å². The molecule has 2 aromatic rings. The molecule has 0 bridgehead atoms. The number of rotatable bonds is 3. The van der Waals surface area contributed by atoms with Gasteiger partial charge in [0.2, 0.25) is 9.84 Å². The Bertz CT molecular complexity index is 792. The Morgan fingerprint density at radius 2 is 1.85 bits per heavy atom. The van der Waals surface area contributed by atoms with Crippen LogP contribution < -0.4 is 0 Å². The molecular formula is C12H7BrClNO4S. The lowest BCUT2D eigenvalue weighted by Gasteiger charge is -2.06. The van der Waals surface area contributed by atoms with E-state index in [9.17, 15) is 18.5 Å². The van der Waals surface area contributed by atoms with Gasteiger partial charge < -0.3 is 0 Å². The molecule has 0 amide bonds. The Labute approximate surface area is 128 Å². The van der Waals surface area contributed by atoms with E-state index in [0.29, 0.717) is 4.47 Å². The van der Waals surface area contributed by atoms with Gasteiger partial charge in [-0.15, -0.1) is 0 Å². The summed E-state index contributed by atoms with van der Waals surface area (Å²) in [6.07, 6.45) is 0. The summed E-state index contributed by atoms with van der Waals surface area (Å²) in [6.45, 7) is 0. The smallest absolute Gasteiger partial charge is 0.258 e. The quantitative estimate of drug-likeness (QED) is 0.602. The van der Waals surface area contributed by atoms with Crippen LogP contribution in [0.4, 0.5) is 5.69 Å². The van der Waals surface area contributed by atoms with E-state index in [1.165, 1.54) is 36.4 Å². The van der Waals surface area contributed by atoms with Crippen LogP contribution in [0.2, 0.25) is 5.02 Å². The molecule has 0 spiro atoms. The van der Waals surface area contributed by atoms with Gasteiger partial charge in [-0.3, -0.25) is 10.1 Å². The molecule has 0 atom stereocenters. The molecule has 0 aliphatic rings. The van der Waals surface area contributed by atoms with Crippen LogP contribution in [0.25, 0.3) is 0 Å². The second-order valence-corrected chi connectivity index (χ2v) is 7.10. The van der Waals surface area contributed by atoms with Crippen molar-refractivity contribution in [2.75, 3.05) is 0 Å². The van der Waals surface area contributed by atoms with Crippen molar-refractivity contribution in [1.29, 1.82) is 0 Å². The van der Waals surface area contributed by atoms with E-state index in [4.69, 9.17) is 11.6 Å². The van der Waals surface area contributed by atoms with Crippen LogP contribution >= 0.6 is 27.5 Å². The van der Waals surface area contributed by atoms with Gasteiger partial charge in [-0.05, 0) is 30.3 Å². The largest absolute Gasteiger partial charge is 0.288 e. The molecule has 2 rings (SSSR count). The van der Waals surface area contributed by atoms with E-state index in [1.54, 1.807) is 0 Å². The molecule has 0 aliphatic carbocycles. The average molecular weight is 377 g/mol. The summed E-state index contributed by atoms with van der Waals surface area (Å²) in [6, 6.07) is 9.34. The molecule has 0 saturated carbocycles. The van der Waals surface area contributed by atoms with Gasteiger partial charge in [0, 0.05) is 15.6 Å². The normalized spacial score (nSPS) is 11.3. The number of nitro benzene ring substituents is 1. The standard InChI is InChI=1S/C12H7BrClNO4S/c13-8-4-5-11(15(16)17)12(6-8)20(18,19)10-3-1-2-9(14)7-10/h1-7H. The second kappa shape index (κ2) is 5.51. The highest BCUT2D eigenvalue weighted by atomic mass is 79.9. The maximum atomic E-state index is 12.5. The predicted molar refractivity (Wildman–Crippen MR) is 77.7 cm³/mol. The lowest BCUT2D eigenvalue weighted by atomic mass is 10.3. The molecule has 2 aromatic carbocycles. The number of sulfone groups is 1. The zero-order chi connectivity index (χ0) is 14.9.